The van der Waals surface area contributed by atoms with E-state index < -0.39 is 24.7 Å². The van der Waals surface area contributed by atoms with Gasteiger partial charge in [-0.1, -0.05) is 127 Å². The molecule has 0 bridgehead atoms. The van der Waals surface area contributed by atoms with E-state index in [0.717, 1.165) is 25.7 Å². The first-order valence-corrected chi connectivity index (χ1v) is 14.7. The molecule has 1 heterocycles. The molecule has 0 unspecified atom stereocenters. The van der Waals surface area contributed by atoms with E-state index in [2.05, 4.69) is 0 Å². The van der Waals surface area contributed by atoms with Gasteiger partial charge in [0.1, 0.15) is 5.29 Å². The number of anilines is 2. The fraction of sp³-hybridized carbons (Fsp3) is 0. The molecular weight excluding hydrogens is 515 g/mol. The highest BCUT2D eigenvalue weighted by Crippen LogP contribution is 2.48. The van der Waals surface area contributed by atoms with Gasteiger partial charge in [0.15, 0.2) is 0 Å². The number of imide groups is 2. The molecule has 4 amide bonds. The lowest BCUT2D eigenvalue weighted by molar-refractivity contribution is -0.116. The number of carbonyl (C=O) groups excluding carboxylic acids is 3. The maximum absolute atomic E-state index is 14.7. The smallest absolute Gasteiger partial charge is 0.268 e. The highest BCUT2D eigenvalue weighted by atomic mass is 31.2. The van der Waals surface area contributed by atoms with Crippen molar-refractivity contribution in [3.8, 4) is 0 Å². The van der Waals surface area contributed by atoms with Gasteiger partial charge in [-0.15, -0.1) is 0 Å². The SMILES string of the molecule is O=C1C(=P(c2ccccc2)(c2ccccc2)c2ccccc2)C(=O)N(c2ccccc2)C(=O)N1c1ccccc1. The second-order valence-corrected chi connectivity index (χ2v) is 12.6. The van der Waals surface area contributed by atoms with Crippen molar-refractivity contribution in [2.75, 3.05) is 9.80 Å². The predicted octanol–water partition coefficient (Wildman–Crippen LogP) is 5.35. The van der Waals surface area contributed by atoms with Gasteiger partial charge in [-0.3, -0.25) is 9.59 Å². The average molecular weight is 541 g/mol. The molecule has 0 atom stereocenters. The van der Waals surface area contributed by atoms with Crippen LogP contribution in [0, 0.1) is 0 Å². The fourth-order valence-electron chi connectivity index (χ4n) is 5.26. The van der Waals surface area contributed by atoms with Gasteiger partial charge >= 0.3 is 6.03 Å². The number of benzene rings is 5. The Morgan fingerprint density at radius 3 is 0.950 bits per heavy atom. The van der Waals surface area contributed by atoms with Crippen LogP contribution in [0.2, 0.25) is 0 Å². The number of hydrogen-bond acceptors (Lipinski definition) is 3. The number of amides is 4. The molecule has 1 aliphatic heterocycles. The molecule has 0 radical (unpaired) electrons. The minimum atomic E-state index is -3.10. The largest absolute Gasteiger partial charge is 0.343 e. The molecule has 1 saturated heterocycles. The molecule has 194 valence electrons. The molecule has 1 aliphatic rings. The monoisotopic (exact) mass is 540 g/mol. The maximum Gasteiger partial charge on any atom is 0.343 e. The number of urea groups is 1. The van der Waals surface area contributed by atoms with Crippen LogP contribution in [0.1, 0.15) is 0 Å². The Bertz CT molecular complexity index is 1570. The second-order valence-electron chi connectivity index (χ2n) is 9.26. The van der Waals surface area contributed by atoms with E-state index in [1.165, 1.54) is 0 Å². The van der Waals surface area contributed by atoms with Crippen LogP contribution < -0.4 is 25.7 Å². The maximum atomic E-state index is 14.7. The summed E-state index contributed by atoms with van der Waals surface area (Å²) in [4.78, 5) is 45.8. The fourth-order valence-corrected chi connectivity index (χ4v) is 9.56. The van der Waals surface area contributed by atoms with Crippen LogP contribution in [0.5, 0.6) is 0 Å². The summed E-state index contributed by atoms with van der Waals surface area (Å²) in [6.07, 6.45) is 0. The number of barbiturate groups is 1. The van der Waals surface area contributed by atoms with Crippen molar-refractivity contribution >= 4 is 57.3 Å². The standard InChI is InChI=1S/C34H25N2O3P/c37-32-31(33(38)36(27-18-8-2-9-19-27)34(39)35(32)26-16-6-1-7-17-26)40(28-20-10-3-11-21-28,29-22-12-4-13-23-29)30-24-14-5-15-25-30/h1-25H. The van der Waals surface area contributed by atoms with Crippen LogP contribution in [0.15, 0.2) is 152 Å². The first-order chi connectivity index (χ1) is 19.6. The second kappa shape index (κ2) is 10.6. The van der Waals surface area contributed by atoms with Crippen LogP contribution in [0.4, 0.5) is 16.2 Å². The van der Waals surface area contributed by atoms with Crippen LogP contribution in [0.25, 0.3) is 0 Å². The molecular formula is C34H25N2O3P. The predicted molar refractivity (Wildman–Crippen MR) is 163 cm³/mol. The van der Waals surface area contributed by atoms with Gasteiger partial charge in [-0.2, -0.15) is 0 Å². The third kappa shape index (κ3) is 4.08. The number of hydrogen-bond donors (Lipinski definition) is 0. The third-order valence-corrected chi connectivity index (χ3v) is 11.3. The molecule has 40 heavy (non-hydrogen) atoms. The van der Waals surface area contributed by atoms with Gasteiger partial charge in [0, 0.05) is 0 Å². The lowest BCUT2D eigenvalue weighted by Gasteiger charge is -2.39. The Labute approximate surface area is 232 Å². The summed E-state index contributed by atoms with van der Waals surface area (Å²) < 4.78 is 0. The summed E-state index contributed by atoms with van der Waals surface area (Å²) >= 11 is 0. The summed E-state index contributed by atoms with van der Waals surface area (Å²) in [5, 5.41) is 2.61. The summed E-state index contributed by atoms with van der Waals surface area (Å²) in [5.41, 5.74) is 0.798. The van der Waals surface area contributed by atoms with Gasteiger partial charge in [0.25, 0.3) is 11.8 Å². The van der Waals surface area contributed by atoms with Crippen molar-refractivity contribution in [2.45, 2.75) is 0 Å². The van der Waals surface area contributed by atoms with Gasteiger partial charge in [-0.25, -0.2) is 14.6 Å². The van der Waals surface area contributed by atoms with Gasteiger partial charge in [0.05, 0.1) is 11.4 Å². The van der Waals surface area contributed by atoms with Crippen LogP contribution in [0.3, 0.4) is 0 Å². The zero-order chi connectivity index (χ0) is 27.5. The van der Waals surface area contributed by atoms with E-state index in [1.54, 1.807) is 48.5 Å². The first kappa shape index (κ1) is 25.3. The van der Waals surface area contributed by atoms with Crippen molar-refractivity contribution < 1.29 is 14.4 Å². The molecule has 0 aromatic heterocycles. The zero-order valence-corrected chi connectivity index (χ0v) is 22.4. The van der Waals surface area contributed by atoms with Crippen molar-refractivity contribution in [3.05, 3.63) is 152 Å². The van der Waals surface area contributed by atoms with E-state index in [0.29, 0.717) is 11.4 Å². The highest BCUT2D eigenvalue weighted by molar-refractivity contribution is 7.97. The molecule has 6 rings (SSSR count). The van der Waals surface area contributed by atoms with Gasteiger partial charge in [0.2, 0.25) is 0 Å². The summed E-state index contributed by atoms with van der Waals surface area (Å²) in [7, 11) is 0. The Balaban J connectivity index is 1.81. The van der Waals surface area contributed by atoms with Gasteiger partial charge in [-0.05, 0) is 47.1 Å². The minimum absolute atomic E-state index is 0.0726. The lowest BCUT2D eigenvalue weighted by atomic mass is 10.2. The van der Waals surface area contributed by atoms with Crippen LogP contribution in [-0.2, 0) is 9.59 Å². The molecule has 0 aliphatic carbocycles. The number of nitrogens with zero attached hydrogens (tertiary/aromatic N) is 2. The van der Waals surface area contributed by atoms with Crippen LogP contribution in [-0.4, -0.2) is 23.1 Å². The number of carbonyl (C=O) groups is 3. The molecule has 0 N–H and O–H groups in total. The van der Waals surface area contributed by atoms with Crippen molar-refractivity contribution in [1.29, 1.82) is 0 Å². The lowest BCUT2D eigenvalue weighted by Crippen LogP contribution is -2.62. The Morgan fingerprint density at radius 1 is 0.375 bits per heavy atom. The van der Waals surface area contributed by atoms with Crippen molar-refractivity contribution in [3.63, 3.8) is 0 Å². The normalized spacial score (nSPS) is 14.0. The molecule has 5 nitrogen and oxygen atoms in total. The van der Waals surface area contributed by atoms with Crippen molar-refractivity contribution in [2.24, 2.45) is 0 Å². The topological polar surface area (TPSA) is 57.7 Å². The summed E-state index contributed by atoms with van der Waals surface area (Å²) in [6, 6.07) is 45.9. The number of rotatable bonds is 5. The highest BCUT2D eigenvalue weighted by Gasteiger charge is 2.49. The average Bonchev–Trinajstić information content (AvgIpc) is 3.02. The Hall–Kier alpha value is -4.99. The first-order valence-electron chi connectivity index (χ1n) is 12.9. The molecule has 5 aromatic rings. The number of para-hydroxylation sites is 2. The van der Waals surface area contributed by atoms with Crippen LogP contribution >= 0.6 is 6.89 Å². The summed E-state index contributed by atoms with van der Waals surface area (Å²) in [6.45, 7) is -3.10. The molecule has 1 fully saturated rings. The molecule has 5 aromatic carbocycles. The van der Waals surface area contributed by atoms with E-state index >= 15 is 0 Å². The zero-order valence-electron chi connectivity index (χ0n) is 21.5. The third-order valence-electron chi connectivity index (χ3n) is 6.99. The Morgan fingerprint density at radius 2 is 0.650 bits per heavy atom. The van der Waals surface area contributed by atoms with Crippen molar-refractivity contribution in [1.82, 2.24) is 0 Å². The quantitative estimate of drug-likeness (QED) is 0.283. The molecule has 0 spiro atoms. The minimum Gasteiger partial charge on any atom is -0.268 e. The van der Waals surface area contributed by atoms with E-state index in [-0.39, 0.29) is 5.29 Å². The van der Waals surface area contributed by atoms with E-state index in [4.69, 9.17) is 0 Å². The molecule has 6 heteroatoms. The summed E-state index contributed by atoms with van der Waals surface area (Å²) in [5.74, 6) is -1.23. The molecule has 0 saturated carbocycles. The van der Waals surface area contributed by atoms with E-state index in [9.17, 15) is 14.4 Å². The Kier molecular flexibility index (Phi) is 6.73. The van der Waals surface area contributed by atoms with Gasteiger partial charge < -0.3 is 0 Å². The van der Waals surface area contributed by atoms with E-state index in [1.807, 2.05) is 103 Å².